The lowest BCUT2D eigenvalue weighted by atomic mass is 9.86. The van der Waals surface area contributed by atoms with E-state index in [-0.39, 0.29) is 16.7 Å². The number of rotatable bonds is 9. The fraction of sp³-hybridized carbons (Fsp3) is 0.138. The molecule has 4 aromatic carbocycles. The van der Waals surface area contributed by atoms with Crippen molar-refractivity contribution in [3.63, 3.8) is 0 Å². The molecule has 0 spiro atoms. The van der Waals surface area contributed by atoms with E-state index in [1.807, 2.05) is 26.8 Å². The summed E-state index contributed by atoms with van der Waals surface area (Å²) < 4.78 is 5.96. The van der Waals surface area contributed by atoms with Gasteiger partial charge in [-0.1, -0.05) is 45.0 Å². The van der Waals surface area contributed by atoms with Gasteiger partial charge in [-0.2, -0.15) is 0 Å². The van der Waals surface area contributed by atoms with Crippen molar-refractivity contribution in [2.75, 3.05) is 4.90 Å². The van der Waals surface area contributed by atoms with E-state index in [1.54, 1.807) is 53.4 Å². The van der Waals surface area contributed by atoms with Crippen LogP contribution in [0.2, 0.25) is 0 Å². The monoisotopic (exact) mass is 571 g/mol. The van der Waals surface area contributed by atoms with E-state index >= 15 is 0 Å². The minimum absolute atomic E-state index is 0.00844. The fourth-order valence-corrected chi connectivity index (χ4v) is 4.20. The second kappa shape index (κ2) is 11.3. The average molecular weight is 572 g/mol. The summed E-state index contributed by atoms with van der Waals surface area (Å²) >= 11 is 0. The largest absolute Gasteiger partial charge is 0.442 e. The summed E-state index contributed by atoms with van der Waals surface area (Å²) in [5, 5.41) is 35.2. The van der Waals surface area contributed by atoms with Gasteiger partial charge >= 0.3 is 11.4 Å². The van der Waals surface area contributed by atoms with Gasteiger partial charge in [0.25, 0.3) is 11.4 Å². The van der Waals surface area contributed by atoms with Crippen LogP contribution < -0.4 is 15.4 Å². The number of para-hydroxylation sites is 1. The molecule has 2 N–H and O–H groups in total. The highest BCUT2D eigenvalue weighted by Crippen LogP contribution is 2.48. The van der Waals surface area contributed by atoms with Gasteiger partial charge in [-0.15, -0.1) is 0 Å². The van der Waals surface area contributed by atoms with Gasteiger partial charge in [-0.25, -0.2) is 0 Å². The number of nitro groups is 3. The maximum absolute atomic E-state index is 11.9. The summed E-state index contributed by atoms with van der Waals surface area (Å²) in [6, 6.07) is 21.6. The third kappa shape index (κ3) is 5.99. The van der Waals surface area contributed by atoms with Crippen molar-refractivity contribution >= 4 is 40.0 Å². The lowest BCUT2D eigenvalue weighted by molar-refractivity contribution is -0.404. The zero-order valence-corrected chi connectivity index (χ0v) is 22.7. The molecule has 214 valence electrons. The highest BCUT2D eigenvalue weighted by Gasteiger charge is 2.34. The second-order valence-electron chi connectivity index (χ2n) is 10.2. The van der Waals surface area contributed by atoms with Crippen LogP contribution in [0.5, 0.6) is 11.5 Å². The van der Waals surface area contributed by atoms with Crippen LogP contribution in [0.1, 0.15) is 36.7 Å². The van der Waals surface area contributed by atoms with Crippen LogP contribution in [-0.4, -0.2) is 20.7 Å². The lowest BCUT2D eigenvalue weighted by Gasteiger charge is -2.29. The molecular weight excluding hydrogens is 546 g/mol. The Balaban J connectivity index is 2.02. The van der Waals surface area contributed by atoms with Crippen LogP contribution in [0.3, 0.4) is 0 Å². The molecule has 0 fully saturated rings. The predicted molar refractivity (Wildman–Crippen MR) is 155 cm³/mol. The molecule has 13 nitrogen and oxygen atoms in total. The predicted octanol–water partition coefficient (Wildman–Crippen LogP) is 7.07. The highest BCUT2D eigenvalue weighted by molar-refractivity contribution is 5.93. The third-order valence-electron chi connectivity index (χ3n) is 6.34. The zero-order valence-electron chi connectivity index (χ0n) is 22.7. The van der Waals surface area contributed by atoms with E-state index in [1.165, 1.54) is 18.2 Å². The van der Waals surface area contributed by atoms with E-state index in [0.717, 1.165) is 5.56 Å². The summed E-state index contributed by atoms with van der Waals surface area (Å²) in [5.41, 5.74) is 4.98. The first kappa shape index (κ1) is 29.1. The number of nitrogens with zero attached hydrogens (tertiary/aromatic N) is 4. The van der Waals surface area contributed by atoms with Crippen LogP contribution in [0.4, 0.5) is 34.1 Å². The maximum Gasteiger partial charge on any atom is 0.325 e. The zero-order chi connectivity index (χ0) is 30.8. The number of carbonyl (C=O) groups excluding carboxylic acids is 1. The Morgan fingerprint density at radius 2 is 1.31 bits per heavy atom. The molecule has 0 bridgehead atoms. The Bertz CT molecular complexity index is 1660. The Morgan fingerprint density at radius 1 is 0.762 bits per heavy atom. The first-order valence-corrected chi connectivity index (χ1v) is 12.5. The van der Waals surface area contributed by atoms with Crippen molar-refractivity contribution in [1.29, 1.82) is 0 Å². The molecule has 4 rings (SSSR count). The van der Waals surface area contributed by atoms with Crippen LogP contribution in [0.15, 0.2) is 84.9 Å². The number of nitrogens with two attached hydrogens (primary N) is 1. The molecule has 1 amide bonds. The van der Waals surface area contributed by atoms with Gasteiger partial charge in [-0.05, 0) is 59.5 Å². The number of carbonyl (C=O) groups is 1. The number of non-ortho nitro benzene ring substituents is 1. The minimum Gasteiger partial charge on any atom is -0.442 e. The van der Waals surface area contributed by atoms with Gasteiger partial charge in [0.1, 0.15) is 0 Å². The number of ether oxygens (including phenoxy) is 1. The molecular formula is C29H25N5O8. The first-order valence-electron chi connectivity index (χ1n) is 12.5. The fourth-order valence-electron chi connectivity index (χ4n) is 4.20. The molecule has 4 aromatic rings. The second-order valence-corrected chi connectivity index (χ2v) is 10.2. The van der Waals surface area contributed by atoms with Crippen molar-refractivity contribution < 1.29 is 24.3 Å². The molecule has 0 unspecified atom stereocenters. The molecule has 0 saturated heterocycles. The van der Waals surface area contributed by atoms with Crippen molar-refractivity contribution in [1.82, 2.24) is 0 Å². The van der Waals surface area contributed by atoms with Gasteiger partial charge < -0.3 is 15.4 Å². The SMILES string of the molecule is CC(C)(C)c1ccc(Oc2c([N+](=O)[O-])cc([N+](=O)[O-])cc2[N+](=O)[O-])c(N(c2ccccc2)c2ccc(C(N)=O)cc2)c1. The summed E-state index contributed by atoms with van der Waals surface area (Å²) in [6.45, 7) is 5.94. The number of nitro benzene ring substituents is 3. The quantitative estimate of drug-likeness (QED) is 0.162. The van der Waals surface area contributed by atoms with E-state index in [2.05, 4.69) is 0 Å². The highest BCUT2D eigenvalue weighted by atomic mass is 16.6. The molecule has 0 aliphatic heterocycles. The number of hydrogen-bond acceptors (Lipinski definition) is 9. The molecule has 0 heterocycles. The molecule has 0 aliphatic carbocycles. The number of benzene rings is 4. The van der Waals surface area contributed by atoms with Gasteiger partial charge in [-0.3, -0.25) is 35.1 Å². The Hall–Kier alpha value is -5.85. The topological polar surface area (TPSA) is 185 Å². The summed E-state index contributed by atoms with van der Waals surface area (Å²) in [6.07, 6.45) is 0. The van der Waals surface area contributed by atoms with Gasteiger partial charge in [0, 0.05) is 16.9 Å². The molecule has 0 saturated carbocycles. The molecule has 0 radical (unpaired) electrons. The van der Waals surface area contributed by atoms with Crippen LogP contribution >= 0.6 is 0 Å². The lowest BCUT2D eigenvalue weighted by Crippen LogP contribution is -2.16. The summed E-state index contributed by atoms with van der Waals surface area (Å²) in [4.78, 5) is 45.8. The minimum atomic E-state index is -0.976. The number of hydrogen-bond donors (Lipinski definition) is 1. The van der Waals surface area contributed by atoms with E-state index in [9.17, 15) is 35.1 Å². The maximum atomic E-state index is 11.9. The van der Waals surface area contributed by atoms with E-state index in [0.29, 0.717) is 29.2 Å². The van der Waals surface area contributed by atoms with Crippen LogP contribution in [-0.2, 0) is 5.41 Å². The first-order chi connectivity index (χ1) is 19.8. The third-order valence-corrected chi connectivity index (χ3v) is 6.34. The van der Waals surface area contributed by atoms with Gasteiger partial charge in [0.05, 0.1) is 32.6 Å². The molecule has 42 heavy (non-hydrogen) atoms. The van der Waals surface area contributed by atoms with Crippen molar-refractivity contribution in [2.24, 2.45) is 5.73 Å². The molecule has 13 heteroatoms. The van der Waals surface area contributed by atoms with Crippen molar-refractivity contribution in [3.05, 3.63) is 126 Å². The Morgan fingerprint density at radius 3 is 1.79 bits per heavy atom. The smallest absolute Gasteiger partial charge is 0.325 e. The van der Waals surface area contributed by atoms with Crippen molar-refractivity contribution in [2.45, 2.75) is 26.2 Å². The van der Waals surface area contributed by atoms with Crippen molar-refractivity contribution in [3.8, 4) is 11.5 Å². The molecule has 0 atom stereocenters. The van der Waals surface area contributed by atoms with E-state index < -0.39 is 43.5 Å². The van der Waals surface area contributed by atoms with Crippen LogP contribution in [0.25, 0.3) is 0 Å². The Kier molecular flexibility index (Phi) is 7.86. The Labute approximate surface area is 239 Å². The van der Waals surface area contributed by atoms with Gasteiger partial charge in [0.2, 0.25) is 5.91 Å². The van der Waals surface area contributed by atoms with E-state index in [4.69, 9.17) is 10.5 Å². The van der Waals surface area contributed by atoms with Crippen LogP contribution in [0, 0.1) is 30.3 Å². The average Bonchev–Trinajstić information content (AvgIpc) is 2.94. The molecule has 0 aromatic heterocycles. The van der Waals surface area contributed by atoms with Gasteiger partial charge in [0.15, 0.2) is 5.75 Å². The standard InChI is InChI=1S/C29H25N5O8/c1-29(2,3)19-11-14-26(42-27-24(33(38)39)16-22(32(36)37)17-25(27)34(40)41)23(15-19)31(20-7-5-4-6-8-20)21-12-9-18(10-13-21)28(30)35/h4-17H,1-3H3,(H2,30,35). The molecule has 0 aliphatic rings. The summed E-state index contributed by atoms with van der Waals surface area (Å²) in [7, 11) is 0. The normalized spacial score (nSPS) is 11.0. The summed E-state index contributed by atoms with van der Waals surface area (Å²) in [5.74, 6) is -1.40. The number of amides is 1. The number of primary amides is 1. The number of anilines is 3.